The second kappa shape index (κ2) is 3.30. The maximum atomic E-state index is 13.0. The van der Waals surface area contributed by atoms with Gasteiger partial charge in [0, 0.05) is 18.4 Å². The minimum absolute atomic E-state index is 0.0281. The summed E-state index contributed by atoms with van der Waals surface area (Å²) < 4.78 is 13.0. The molecule has 0 aromatic heterocycles. The van der Waals surface area contributed by atoms with E-state index in [1.54, 1.807) is 0 Å². The SMILES string of the molecule is O=C1CC(C(=O)O)(c2cc(F)ccc2O)C1. The molecule has 84 valence electrons. The molecule has 1 aliphatic carbocycles. The zero-order valence-electron chi connectivity index (χ0n) is 8.24. The molecule has 0 unspecified atom stereocenters. The van der Waals surface area contributed by atoms with Gasteiger partial charge in [0.05, 0.1) is 0 Å². The number of rotatable bonds is 2. The predicted molar refractivity (Wildman–Crippen MR) is 51.6 cm³/mol. The van der Waals surface area contributed by atoms with E-state index in [9.17, 15) is 19.1 Å². The Morgan fingerprint density at radius 3 is 2.50 bits per heavy atom. The van der Waals surface area contributed by atoms with Crippen molar-refractivity contribution >= 4 is 11.8 Å². The van der Waals surface area contributed by atoms with Crippen LogP contribution < -0.4 is 0 Å². The Hall–Kier alpha value is -1.91. The summed E-state index contributed by atoms with van der Waals surface area (Å²) in [6, 6.07) is 3.10. The summed E-state index contributed by atoms with van der Waals surface area (Å²) in [6.07, 6.45) is -0.390. The lowest BCUT2D eigenvalue weighted by molar-refractivity contribution is -0.153. The molecule has 0 saturated heterocycles. The average molecular weight is 224 g/mol. The second-order valence-electron chi connectivity index (χ2n) is 3.94. The lowest BCUT2D eigenvalue weighted by Gasteiger charge is -2.36. The van der Waals surface area contributed by atoms with Crippen LogP contribution in [-0.2, 0) is 15.0 Å². The minimum atomic E-state index is -1.46. The van der Waals surface area contributed by atoms with Gasteiger partial charge in [-0.2, -0.15) is 0 Å². The third-order valence-electron chi connectivity index (χ3n) is 2.88. The molecule has 1 aromatic rings. The van der Waals surface area contributed by atoms with E-state index in [1.807, 2.05) is 0 Å². The van der Waals surface area contributed by atoms with Crippen molar-refractivity contribution in [2.24, 2.45) is 0 Å². The van der Waals surface area contributed by atoms with Crippen molar-refractivity contribution in [3.8, 4) is 5.75 Å². The number of aromatic hydroxyl groups is 1. The van der Waals surface area contributed by atoms with Gasteiger partial charge in [-0.3, -0.25) is 9.59 Å². The van der Waals surface area contributed by atoms with Gasteiger partial charge in [-0.25, -0.2) is 4.39 Å². The number of halogens is 1. The summed E-state index contributed by atoms with van der Waals surface area (Å²) in [7, 11) is 0. The standard InChI is InChI=1S/C11H9FO4/c12-6-1-2-9(14)8(3-6)11(10(15)16)4-7(13)5-11/h1-3,14H,4-5H2,(H,15,16). The summed E-state index contributed by atoms with van der Waals surface area (Å²) in [5, 5.41) is 18.6. The number of ketones is 1. The Morgan fingerprint density at radius 2 is 2.00 bits per heavy atom. The van der Waals surface area contributed by atoms with Crippen LogP contribution in [0.1, 0.15) is 18.4 Å². The van der Waals surface area contributed by atoms with E-state index in [0.717, 1.165) is 18.2 Å². The van der Waals surface area contributed by atoms with Gasteiger partial charge in [0.1, 0.15) is 22.8 Å². The summed E-state index contributed by atoms with van der Waals surface area (Å²) in [5.41, 5.74) is -1.48. The molecule has 0 aliphatic heterocycles. The van der Waals surface area contributed by atoms with Gasteiger partial charge in [0.2, 0.25) is 0 Å². The number of phenolic OH excluding ortho intramolecular Hbond substituents is 1. The molecule has 5 heteroatoms. The Labute approximate surface area is 90.3 Å². The fraction of sp³-hybridized carbons (Fsp3) is 0.273. The zero-order valence-corrected chi connectivity index (χ0v) is 8.24. The van der Waals surface area contributed by atoms with E-state index >= 15 is 0 Å². The summed E-state index contributed by atoms with van der Waals surface area (Å²) in [4.78, 5) is 22.1. The van der Waals surface area contributed by atoms with Gasteiger partial charge in [-0.1, -0.05) is 0 Å². The van der Waals surface area contributed by atoms with Gasteiger partial charge in [0.15, 0.2) is 0 Å². The van der Waals surface area contributed by atoms with Crippen LogP contribution in [0.2, 0.25) is 0 Å². The van der Waals surface area contributed by atoms with Crippen molar-refractivity contribution in [1.29, 1.82) is 0 Å². The average Bonchev–Trinajstić information content (AvgIpc) is 2.16. The van der Waals surface area contributed by atoms with Crippen molar-refractivity contribution < 1.29 is 24.2 Å². The van der Waals surface area contributed by atoms with Gasteiger partial charge in [0.25, 0.3) is 0 Å². The van der Waals surface area contributed by atoms with E-state index in [2.05, 4.69) is 0 Å². The molecule has 0 bridgehead atoms. The van der Waals surface area contributed by atoms with Crippen LogP contribution in [0.15, 0.2) is 18.2 Å². The second-order valence-corrected chi connectivity index (χ2v) is 3.94. The van der Waals surface area contributed by atoms with E-state index in [-0.39, 0.29) is 29.9 Å². The Balaban J connectivity index is 2.52. The number of hydrogen-bond donors (Lipinski definition) is 2. The lowest BCUT2D eigenvalue weighted by atomic mass is 9.63. The fourth-order valence-electron chi connectivity index (χ4n) is 1.97. The Bertz CT molecular complexity index is 473. The van der Waals surface area contributed by atoms with Crippen molar-refractivity contribution in [1.82, 2.24) is 0 Å². The van der Waals surface area contributed by atoms with Gasteiger partial charge in [-0.15, -0.1) is 0 Å². The van der Waals surface area contributed by atoms with Crippen molar-refractivity contribution in [3.05, 3.63) is 29.6 Å². The maximum absolute atomic E-state index is 13.0. The fourth-order valence-corrected chi connectivity index (χ4v) is 1.97. The normalized spacial score (nSPS) is 17.9. The molecular weight excluding hydrogens is 215 g/mol. The third kappa shape index (κ3) is 1.36. The van der Waals surface area contributed by atoms with E-state index in [1.165, 1.54) is 0 Å². The van der Waals surface area contributed by atoms with Crippen LogP contribution in [0.5, 0.6) is 5.75 Å². The van der Waals surface area contributed by atoms with Crippen LogP contribution in [0.4, 0.5) is 4.39 Å². The van der Waals surface area contributed by atoms with Crippen molar-refractivity contribution in [2.75, 3.05) is 0 Å². The predicted octanol–water partition coefficient (Wildman–Crippen LogP) is 1.22. The number of hydrogen-bond acceptors (Lipinski definition) is 3. The first-order chi connectivity index (χ1) is 7.45. The molecule has 1 aromatic carbocycles. The molecule has 0 heterocycles. The molecule has 0 amide bonds. The molecular formula is C11H9FO4. The number of phenols is 1. The molecule has 0 radical (unpaired) electrons. The number of carbonyl (C=O) groups is 2. The highest BCUT2D eigenvalue weighted by atomic mass is 19.1. The number of carbonyl (C=O) groups excluding carboxylic acids is 1. The van der Waals surface area contributed by atoms with Crippen molar-refractivity contribution in [2.45, 2.75) is 18.3 Å². The number of carboxylic acids is 1. The largest absolute Gasteiger partial charge is 0.508 e. The zero-order chi connectivity index (χ0) is 11.9. The smallest absolute Gasteiger partial charge is 0.315 e. The van der Waals surface area contributed by atoms with Crippen LogP contribution in [0.25, 0.3) is 0 Å². The molecule has 1 aliphatic rings. The monoisotopic (exact) mass is 224 g/mol. The van der Waals surface area contributed by atoms with Gasteiger partial charge in [-0.05, 0) is 18.2 Å². The highest BCUT2D eigenvalue weighted by molar-refractivity contribution is 6.01. The first kappa shape index (κ1) is 10.6. The van der Waals surface area contributed by atoms with Crippen molar-refractivity contribution in [3.63, 3.8) is 0 Å². The van der Waals surface area contributed by atoms with E-state index in [4.69, 9.17) is 5.11 Å². The minimum Gasteiger partial charge on any atom is -0.508 e. The summed E-state index contributed by atoms with van der Waals surface area (Å²) in [5.74, 6) is -2.34. The number of benzene rings is 1. The van der Waals surface area contributed by atoms with E-state index < -0.39 is 17.2 Å². The van der Waals surface area contributed by atoms with Crippen LogP contribution in [-0.4, -0.2) is 22.0 Å². The molecule has 2 rings (SSSR count). The first-order valence-corrected chi connectivity index (χ1v) is 4.70. The molecule has 4 nitrogen and oxygen atoms in total. The maximum Gasteiger partial charge on any atom is 0.315 e. The first-order valence-electron chi connectivity index (χ1n) is 4.70. The molecule has 1 saturated carbocycles. The van der Waals surface area contributed by atoms with E-state index in [0.29, 0.717) is 0 Å². The Morgan fingerprint density at radius 1 is 1.38 bits per heavy atom. The summed E-state index contributed by atoms with van der Waals surface area (Å²) in [6.45, 7) is 0. The van der Waals surface area contributed by atoms with Crippen LogP contribution in [0.3, 0.4) is 0 Å². The number of aliphatic carboxylic acids is 1. The molecule has 1 fully saturated rings. The Kier molecular flexibility index (Phi) is 2.18. The highest BCUT2D eigenvalue weighted by Crippen LogP contribution is 2.45. The lowest BCUT2D eigenvalue weighted by Crippen LogP contribution is -2.48. The van der Waals surface area contributed by atoms with Gasteiger partial charge >= 0.3 is 5.97 Å². The number of Topliss-reactive ketones (excluding diaryl/α,β-unsaturated/α-hetero) is 1. The molecule has 16 heavy (non-hydrogen) atoms. The molecule has 0 spiro atoms. The van der Waals surface area contributed by atoms with Crippen LogP contribution >= 0.6 is 0 Å². The molecule has 0 atom stereocenters. The highest BCUT2D eigenvalue weighted by Gasteiger charge is 2.52. The third-order valence-corrected chi connectivity index (χ3v) is 2.88. The number of carboxylic acid groups (broad SMARTS) is 1. The topological polar surface area (TPSA) is 74.6 Å². The molecule has 2 N–H and O–H groups in total. The van der Waals surface area contributed by atoms with Crippen LogP contribution in [0, 0.1) is 5.82 Å². The van der Waals surface area contributed by atoms with Gasteiger partial charge < -0.3 is 10.2 Å². The summed E-state index contributed by atoms with van der Waals surface area (Å²) >= 11 is 0. The quantitative estimate of drug-likeness (QED) is 0.791.